The van der Waals surface area contributed by atoms with Gasteiger partial charge in [-0.1, -0.05) is 30.3 Å². The van der Waals surface area contributed by atoms with Gasteiger partial charge in [0.05, 0.1) is 23.4 Å². The first-order chi connectivity index (χ1) is 11.5. The summed E-state index contributed by atoms with van der Waals surface area (Å²) in [6.07, 6.45) is 2.41. The zero-order chi connectivity index (χ0) is 17.0. The van der Waals surface area contributed by atoms with Gasteiger partial charge in [0.1, 0.15) is 6.10 Å². The molecule has 0 radical (unpaired) electrons. The van der Waals surface area contributed by atoms with E-state index in [0.29, 0.717) is 13.2 Å². The standard InChI is InChI=1S/C19H28O3S2/c1-18(2)21-16(12-19(3)23-10-7-11-24-19)17(22-18)14-20-13-15-8-5-4-6-9-15/h4-6,8-9,16-17H,7,10-14H2,1-3H3/t16-,17-/m1/s1. The van der Waals surface area contributed by atoms with Crippen molar-refractivity contribution < 1.29 is 14.2 Å². The molecule has 0 aliphatic carbocycles. The third-order valence-electron chi connectivity index (χ3n) is 4.35. The third-order valence-corrected chi connectivity index (χ3v) is 7.60. The van der Waals surface area contributed by atoms with Gasteiger partial charge in [-0.25, -0.2) is 0 Å². The van der Waals surface area contributed by atoms with Crippen molar-refractivity contribution in [1.82, 2.24) is 0 Å². The molecule has 0 spiro atoms. The van der Waals surface area contributed by atoms with Gasteiger partial charge in [0.25, 0.3) is 0 Å². The molecular weight excluding hydrogens is 340 g/mol. The summed E-state index contributed by atoms with van der Waals surface area (Å²) in [5, 5.41) is 0. The molecule has 1 aromatic rings. The van der Waals surface area contributed by atoms with E-state index in [1.807, 2.05) is 32.0 Å². The maximum absolute atomic E-state index is 6.20. The van der Waals surface area contributed by atoms with Crippen molar-refractivity contribution in [2.75, 3.05) is 18.1 Å². The number of ether oxygens (including phenoxy) is 3. The molecule has 1 aromatic carbocycles. The lowest BCUT2D eigenvalue weighted by Gasteiger charge is -2.35. The third kappa shape index (κ3) is 5.15. The molecule has 3 rings (SSSR count). The highest BCUT2D eigenvalue weighted by molar-refractivity contribution is 8.18. The summed E-state index contributed by atoms with van der Waals surface area (Å²) < 4.78 is 18.5. The van der Waals surface area contributed by atoms with E-state index in [9.17, 15) is 0 Å². The number of hydrogen-bond donors (Lipinski definition) is 0. The minimum atomic E-state index is -0.522. The topological polar surface area (TPSA) is 27.7 Å². The van der Waals surface area contributed by atoms with Crippen molar-refractivity contribution in [1.29, 1.82) is 0 Å². The van der Waals surface area contributed by atoms with Crippen molar-refractivity contribution in [2.45, 2.75) is 62.3 Å². The number of rotatable bonds is 6. The summed E-state index contributed by atoms with van der Waals surface area (Å²) in [5.74, 6) is 1.97. The van der Waals surface area contributed by atoms with Gasteiger partial charge in [0, 0.05) is 0 Å². The number of hydrogen-bond acceptors (Lipinski definition) is 5. The van der Waals surface area contributed by atoms with Crippen molar-refractivity contribution in [3.05, 3.63) is 35.9 Å². The molecule has 2 atom stereocenters. The first kappa shape index (κ1) is 18.6. The van der Waals surface area contributed by atoms with Crippen molar-refractivity contribution in [2.24, 2.45) is 0 Å². The Morgan fingerprint density at radius 2 is 1.71 bits per heavy atom. The summed E-state index contributed by atoms with van der Waals surface area (Å²) in [6, 6.07) is 10.3. The maximum atomic E-state index is 6.20. The highest BCUT2D eigenvalue weighted by Gasteiger charge is 2.45. The minimum Gasteiger partial charge on any atom is -0.374 e. The molecule has 0 bridgehead atoms. The van der Waals surface area contributed by atoms with Gasteiger partial charge >= 0.3 is 0 Å². The summed E-state index contributed by atoms with van der Waals surface area (Å²) in [4.78, 5) is 0. The highest BCUT2D eigenvalue weighted by Crippen LogP contribution is 2.47. The summed E-state index contributed by atoms with van der Waals surface area (Å²) in [7, 11) is 0. The van der Waals surface area contributed by atoms with Crippen LogP contribution in [0.5, 0.6) is 0 Å². The first-order valence-electron chi connectivity index (χ1n) is 8.71. The Labute approximate surface area is 154 Å². The van der Waals surface area contributed by atoms with Crippen molar-refractivity contribution in [3.8, 4) is 0 Å². The number of thioether (sulfide) groups is 2. The van der Waals surface area contributed by atoms with Gasteiger partial charge in [-0.15, -0.1) is 23.5 Å². The summed E-state index contributed by atoms with van der Waals surface area (Å²) in [6.45, 7) is 7.54. The Balaban J connectivity index is 1.55. The van der Waals surface area contributed by atoms with E-state index in [1.165, 1.54) is 23.5 Å². The van der Waals surface area contributed by atoms with Gasteiger partial charge in [-0.3, -0.25) is 0 Å². The lowest BCUT2D eigenvalue weighted by Crippen LogP contribution is -2.35. The molecule has 0 saturated carbocycles. The van der Waals surface area contributed by atoms with Crippen LogP contribution in [0.25, 0.3) is 0 Å². The Hall–Kier alpha value is -0.200. The van der Waals surface area contributed by atoms with E-state index >= 15 is 0 Å². The smallest absolute Gasteiger partial charge is 0.163 e. The van der Waals surface area contributed by atoms with Crippen molar-refractivity contribution >= 4 is 23.5 Å². The molecule has 2 aliphatic rings. The van der Waals surface area contributed by atoms with Crippen LogP contribution >= 0.6 is 23.5 Å². The van der Waals surface area contributed by atoms with Crippen LogP contribution in [0, 0.1) is 0 Å². The molecule has 0 N–H and O–H groups in total. The van der Waals surface area contributed by atoms with Crippen LogP contribution in [-0.2, 0) is 20.8 Å². The minimum absolute atomic E-state index is 0.00339. The van der Waals surface area contributed by atoms with Crippen molar-refractivity contribution in [3.63, 3.8) is 0 Å². The first-order valence-corrected chi connectivity index (χ1v) is 10.7. The normalized spacial score (nSPS) is 28.8. The summed E-state index contributed by atoms with van der Waals surface area (Å²) >= 11 is 4.12. The molecule has 2 heterocycles. The Morgan fingerprint density at radius 3 is 2.42 bits per heavy atom. The van der Waals surface area contributed by atoms with Crippen LogP contribution in [0.3, 0.4) is 0 Å². The number of benzene rings is 1. The van der Waals surface area contributed by atoms with E-state index in [2.05, 4.69) is 42.6 Å². The molecule has 0 unspecified atom stereocenters. The van der Waals surface area contributed by atoms with Crippen LogP contribution in [0.15, 0.2) is 30.3 Å². The molecule has 5 heteroatoms. The van der Waals surface area contributed by atoms with E-state index in [-0.39, 0.29) is 16.3 Å². The van der Waals surface area contributed by atoms with E-state index in [0.717, 1.165) is 6.42 Å². The average molecular weight is 369 g/mol. The fourth-order valence-electron chi connectivity index (χ4n) is 3.25. The Kier molecular flexibility index (Phi) is 6.20. The molecule has 24 heavy (non-hydrogen) atoms. The van der Waals surface area contributed by atoms with Gasteiger partial charge in [0.2, 0.25) is 0 Å². The largest absolute Gasteiger partial charge is 0.374 e. The van der Waals surface area contributed by atoms with Crippen LogP contribution in [0.2, 0.25) is 0 Å². The monoisotopic (exact) mass is 368 g/mol. The molecule has 2 fully saturated rings. The van der Waals surface area contributed by atoms with Crippen LogP contribution < -0.4 is 0 Å². The molecule has 2 saturated heterocycles. The fourth-order valence-corrected chi connectivity index (χ4v) is 6.27. The fraction of sp³-hybridized carbons (Fsp3) is 0.684. The van der Waals surface area contributed by atoms with E-state index in [4.69, 9.17) is 14.2 Å². The molecule has 0 aromatic heterocycles. The summed E-state index contributed by atoms with van der Waals surface area (Å²) in [5.41, 5.74) is 1.19. The second-order valence-corrected chi connectivity index (χ2v) is 10.6. The Bertz CT molecular complexity index is 515. The lowest BCUT2D eigenvalue weighted by atomic mass is 10.1. The molecule has 2 aliphatic heterocycles. The van der Waals surface area contributed by atoms with Gasteiger partial charge in [-0.05, 0) is 50.7 Å². The Morgan fingerprint density at radius 1 is 1.04 bits per heavy atom. The van der Waals surface area contributed by atoms with Gasteiger partial charge in [-0.2, -0.15) is 0 Å². The zero-order valence-corrected chi connectivity index (χ0v) is 16.5. The molecule has 134 valence electrons. The average Bonchev–Trinajstić information content (AvgIpc) is 2.82. The second kappa shape index (κ2) is 8.00. The SMILES string of the molecule is CC1(C)O[C@H](COCc2ccccc2)[C@@H](CC2(C)SCCCS2)O1. The quantitative estimate of drug-likeness (QED) is 0.725. The van der Waals surface area contributed by atoms with Crippen LogP contribution in [-0.4, -0.2) is 40.2 Å². The van der Waals surface area contributed by atoms with E-state index < -0.39 is 5.79 Å². The zero-order valence-electron chi connectivity index (χ0n) is 14.8. The van der Waals surface area contributed by atoms with Gasteiger partial charge < -0.3 is 14.2 Å². The predicted molar refractivity (Wildman–Crippen MR) is 102 cm³/mol. The van der Waals surface area contributed by atoms with Crippen LogP contribution in [0.4, 0.5) is 0 Å². The molecular formula is C19H28O3S2. The second-order valence-electron chi connectivity index (χ2n) is 7.10. The lowest BCUT2D eigenvalue weighted by molar-refractivity contribution is -0.151. The van der Waals surface area contributed by atoms with Crippen LogP contribution in [0.1, 0.15) is 39.2 Å². The van der Waals surface area contributed by atoms with Gasteiger partial charge in [0.15, 0.2) is 5.79 Å². The maximum Gasteiger partial charge on any atom is 0.163 e. The molecule has 3 nitrogen and oxygen atoms in total. The van der Waals surface area contributed by atoms with E-state index in [1.54, 1.807) is 0 Å². The molecule has 0 amide bonds. The predicted octanol–water partition coefficient (Wildman–Crippen LogP) is 4.70. The highest BCUT2D eigenvalue weighted by atomic mass is 32.2.